The number of carbonyl (C=O) groups excluding carboxylic acids is 1. The predicted molar refractivity (Wildman–Crippen MR) is 79.5 cm³/mol. The smallest absolute Gasteiger partial charge is 0.168 e. The molecule has 100 valence electrons. The number of benzene rings is 1. The number of rotatable bonds is 4. The molecular weight excluding hydrogens is 304 g/mol. The molecule has 0 aliphatic heterocycles. The van der Waals surface area contributed by atoms with E-state index in [1.54, 1.807) is 0 Å². The number of aromatic nitrogens is 2. The van der Waals surface area contributed by atoms with Gasteiger partial charge in [0.05, 0.1) is 12.1 Å². The Morgan fingerprint density at radius 1 is 1.37 bits per heavy atom. The molecule has 0 fully saturated rings. The van der Waals surface area contributed by atoms with Crippen molar-refractivity contribution in [1.29, 1.82) is 0 Å². The van der Waals surface area contributed by atoms with Crippen LogP contribution in [-0.4, -0.2) is 15.6 Å². The third kappa shape index (κ3) is 3.53. The maximum atomic E-state index is 12.2. The van der Waals surface area contributed by atoms with E-state index < -0.39 is 0 Å². The quantitative estimate of drug-likeness (QED) is 0.799. The van der Waals surface area contributed by atoms with Crippen LogP contribution in [0.5, 0.6) is 0 Å². The Hall–Kier alpha value is -1.42. The van der Waals surface area contributed by atoms with E-state index in [0.29, 0.717) is 12.5 Å². The SMILES string of the molecule is Cc1cc(Br)cc(C(=O)Cc2ccn(C(C)C)n2)c1. The molecule has 0 saturated carbocycles. The van der Waals surface area contributed by atoms with Crippen LogP contribution in [0.2, 0.25) is 0 Å². The van der Waals surface area contributed by atoms with Gasteiger partial charge >= 0.3 is 0 Å². The number of hydrogen-bond acceptors (Lipinski definition) is 2. The van der Waals surface area contributed by atoms with E-state index in [0.717, 1.165) is 21.3 Å². The third-order valence-electron chi connectivity index (χ3n) is 2.90. The number of carbonyl (C=O) groups is 1. The molecule has 1 aromatic carbocycles. The van der Waals surface area contributed by atoms with Crippen molar-refractivity contribution < 1.29 is 4.79 Å². The van der Waals surface area contributed by atoms with Gasteiger partial charge in [-0.3, -0.25) is 9.48 Å². The lowest BCUT2D eigenvalue weighted by atomic mass is 10.0. The van der Waals surface area contributed by atoms with E-state index in [1.807, 2.05) is 42.1 Å². The number of halogens is 1. The fourth-order valence-electron chi connectivity index (χ4n) is 1.92. The first kappa shape index (κ1) is 14.0. The molecule has 0 spiro atoms. The number of Topliss-reactive ketones (excluding diaryl/α,β-unsaturated/α-hetero) is 1. The van der Waals surface area contributed by atoms with Crippen molar-refractivity contribution >= 4 is 21.7 Å². The Balaban J connectivity index is 2.15. The summed E-state index contributed by atoms with van der Waals surface area (Å²) in [5.41, 5.74) is 2.62. The monoisotopic (exact) mass is 320 g/mol. The minimum absolute atomic E-state index is 0.0957. The van der Waals surface area contributed by atoms with Crippen molar-refractivity contribution in [2.75, 3.05) is 0 Å². The Bertz CT molecular complexity index is 582. The molecule has 1 aromatic heterocycles. The van der Waals surface area contributed by atoms with Crippen LogP contribution in [-0.2, 0) is 6.42 Å². The average Bonchev–Trinajstić information content (AvgIpc) is 2.76. The molecule has 0 radical (unpaired) electrons. The van der Waals surface area contributed by atoms with Gasteiger partial charge in [-0.25, -0.2) is 0 Å². The van der Waals surface area contributed by atoms with Gasteiger partial charge in [0.15, 0.2) is 5.78 Å². The van der Waals surface area contributed by atoms with E-state index in [9.17, 15) is 4.79 Å². The lowest BCUT2D eigenvalue weighted by Gasteiger charge is -2.04. The summed E-state index contributed by atoms with van der Waals surface area (Å²) in [6, 6.07) is 7.98. The Kier molecular flexibility index (Phi) is 4.20. The molecule has 3 nitrogen and oxygen atoms in total. The standard InChI is InChI=1S/C15H17BrN2O/c1-10(2)18-5-4-14(17-18)9-15(19)12-6-11(3)7-13(16)8-12/h4-8,10H,9H2,1-3H3. The van der Waals surface area contributed by atoms with Crippen LogP contribution in [0.1, 0.15) is 41.5 Å². The van der Waals surface area contributed by atoms with Gasteiger partial charge in [0.25, 0.3) is 0 Å². The van der Waals surface area contributed by atoms with Gasteiger partial charge in [-0.05, 0) is 50.6 Å². The van der Waals surface area contributed by atoms with Crippen LogP contribution in [0.25, 0.3) is 0 Å². The van der Waals surface area contributed by atoms with Crippen molar-refractivity contribution in [1.82, 2.24) is 9.78 Å². The molecule has 0 N–H and O–H groups in total. The molecular formula is C15H17BrN2O. The van der Waals surface area contributed by atoms with Crippen LogP contribution in [0.3, 0.4) is 0 Å². The normalized spacial score (nSPS) is 11.0. The molecule has 0 saturated heterocycles. The Morgan fingerprint density at radius 2 is 2.11 bits per heavy atom. The molecule has 0 unspecified atom stereocenters. The first-order valence-corrected chi connectivity index (χ1v) is 7.09. The van der Waals surface area contributed by atoms with Crippen molar-refractivity contribution in [2.45, 2.75) is 33.2 Å². The zero-order valence-electron chi connectivity index (χ0n) is 11.4. The van der Waals surface area contributed by atoms with Crippen molar-refractivity contribution in [2.24, 2.45) is 0 Å². The molecule has 0 bridgehead atoms. The molecule has 0 aliphatic rings. The summed E-state index contributed by atoms with van der Waals surface area (Å²) < 4.78 is 2.80. The zero-order chi connectivity index (χ0) is 14.0. The van der Waals surface area contributed by atoms with E-state index in [1.165, 1.54) is 0 Å². The molecule has 0 atom stereocenters. The molecule has 1 heterocycles. The Morgan fingerprint density at radius 3 is 2.68 bits per heavy atom. The Labute approximate surface area is 121 Å². The van der Waals surface area contributed by atoms with Crippen LogP contribution in [0, 0.1) is 6.92 Å². The van der Waals surface area contributed by atoms with Gasteiger partial charge in [-0.1, -0.05) is 15.9 Å². The van der Waals surface area contributed by atoms with Gasteiger partial charge in [-0.15, -0.1) is 0 Å². The molecule has 2 rings (SSSR count). The molecule has 0 amide bonds. The number of hydrogen-bond donors (Lipinski definition) is 0. The van der Waals surface area contributed by atoms with Crippen LogP contribution >= 0.6 is 15.9 Å². The van der Waals surface area contributed by atoms with Gasteiger partial charge < -0.3 is 0 Å². The largest absolute Gasteiger partial charge is 0.294 e. The predicted octanol–water partition coefficient (Wildman–Crippen LogP) is 3.96. The van der Waals surface area contributed by atoms with Crippen molar-refractivity contribution in [3.63, 3.8) is 0 Å². The highest BCUT2D eigenvalue weighted by Crippen LogP contribution is 2.17. The van der Waals surface area contributed by atoms with E-state index in [2.05, 4.69) is 34.9 Å². The topological polar surface area (TPSA) is 34.9 Å². The van der Waals surface area contributed by atoms with Gasteiger partial charge in [-0.2, -0.15) is 5.10 Å². The minimum atomic E-state index is 0.0957. The highest BCUT2D eigenvalue weighted by molar-refractivity contribution is 9.10. The lowest BCUT2D eigenvalue weighted by Crippen LogP contribution is -2.07. The van der Waals surface area contributed by atoms with E-state index in [4.69, 9.17) is 0 Å². The highest BCUT2D eigenvalue weighted by Gasteiger charge is 2.11. The summed E-state index contributed by atoms with van der Waals surface area (Å²) in [4.78, 5) is 12.2. The summed E-state index contributed by atoms with van der Waals surface area (Å²) in [7, 11) is 0. The highest BCUT2D eigenvalue weighted by atomic mass is 79.9. The van der Waals surface area contributed by atoms with Crippen LogP contribution in [0.15, 0.2) is 34.9 Å². The summed E-state index contributed by atoms with van der Waals surface area (Å²) in [5, 5.41) is 4.40. The average molecular weight is 321 g/mol. The van der Waals surface area contributed by atoms with E-state index in [-0.39, 0.29) is 5.78 Å². The summed E-state index contributed by atoms with van der Waals surface area (Å²) >= 11 is 3.42. The summed E-state index contributed by atoms with van der Waals surface area (Å²) in [5.74, 6) is 0.0957. The van der Waals surface area contributed by atoms with Gasteiger partial charge in [0.2, 0.25) is 0 Å². The third-order valence-corrected chi connectivity index (χ3v) is 3.36. The molecule has 4 heteroatoms. The summed E-state index contributed by atoms with van der Waals surface area (Å²) in [6.45, 7) is 6.11. The van der Waals surface area contributed by atoms with Crippen molar-refractivity contribution in [3.8, 4) is 0 Å². The lowest BCUT2D eigenvalue weighted by molar-refractivity contribution is 0.0991. The van der Waals surface area contributed by atoms with Gasteiger partial charge in [0.1, 0.15) is 0 Å². The zero-order valence-corrected chi connectivity index (χ0v) is 12.9. The number of ketones is 1. The fourth-order valence-corrected chi connectivity index (χ4v) is 2.53. The first-order valence-electron chi connectivity index (χ1n) is 6.30. The van der Waals surface area contributed by atoms with Crippen molar-refractivity contribution in [3.05, 3.63) is 51.8 Å². The second-order valence-corrected chi connectivity index (χ2v) is 5.91. The molecule has 0 aliphatic carbocycles. The first-order chi connectivity index (χ1) is 8.95. The second kappa shape index (κ2) is 5.70. The van der Waals surface area contributed by atoms with Crippen LogP contribution in [0.4, 0.5) is 0 Å². The van der Waals surface area contributed by atoms with Crippen LogP contribution < -0.4 is 0 Å². The maximum Gasteiger partial charge on any atom is 0.168 e. The van der Waals surface area contributed by atoms with Gasteiger partial charge in [0, 0.05) is 22.3 Å². The maximum absolute atomic E-state index is 12.2. The molecule has 2 aromatic rings. The minimum Gasteiger partial charge on any atom is -0.294 e. The fraction of sp³-hybridized carbons (Fsp3) is 0.333. The number of nitrogens with zero attached hydrogens (tertiary/aromatic N) is 2. The molecule has 19 heavy (non-hydrogen) atoms. The van der Waals surface area contributed by atoms with E-state index >= 15 is 0 Å². The number of aryl methyl sites for hydroxylation is 1. The second-order valence-electron chi connectivity index (χ2n) is 5.00. The summed E-state index contributed by atoms with van der Waals surface area (Å²) in [6.07, 6.45) is 2.26.